The fourth-order valence-electron chi connectivity index (χ4n) is 4.02. The van der Waals surface area contributed by atoms with Crippen LogP contribution in [0.15, 0.2) is 65.6 Å². The van der Waals surface area contributed by atoms with E-state index in [0.717, 1.165) is 35.3 Å². The summed E-state index contributed by atoms with van der Waals surface area (Å²) in [5, 5.41) is 6.12. The largest absolute Gasteiger partial charge is 0.490 e. The number of ether oxygens (including phenoxy) is 1. The summed E-state index contributed by atoms with van der Waals surface area (Å²) in [6, 6.07) is 16.5. The average Bonchev–Trinajstić information content (AvgIpc) is 3.69. The van der Waals surface area contributed by atoms with Crippen molar-refractivity contribution in [1.29, 1.82) is 0 Å². The number of nitrogens with zero attached hydrogens (tertiary/aromatic N) is 1. The van der Waals surface area contributed by atoms with Gasteiger partial charge in [0.2, 0.25) is 0 Å². The molecule has 1 saturated carbocycles. The van der Waals surface area contributed by atoms with Gasteiger partial charge in [0.15, 0.2) is 0 Å². The smallest absolute Gasteiger partial charge is 0.274 e. The number of pyridine rings is 1. The summed E-state index contributed by atoms with van der Waals surface area (Å²) in [4.78, 5) is 40.5. The SMILES string of the molecule is CC.CC.CNC(=O)c1ccc(CNC(=O)c2cc3c(-c4ccccc4OC4CC4)cn(C)c(=O)c3[nH]2)cc1. The Bertz CT molecular complexity index is 1480. The van der Waals surface area contributed by atoms with Crippen LogP contribution < -0.4 is 20.9 Å². The van der Waals surface area contributed by atoms with Crippen LogP contribution in [0.2, 0.25) is 0 Å². The predicted molar refractivity (Wildman–Crippen MR) is 156 cm³/mol. The maximum atomic E-state index is 12.9. The Kier molecular flexibility index (Phi) is 10.1. The molecule has 0 saturated heterocycles. The van der Waals surface area contributed by atoms with Crippen LogP contribution in [-0.4, -0.2) is 34.5 Å². The molecule has 0 atom stereocenters. The van der Waals surface area contributed by atoms with E-state index in [4.69, 9.17) is 4.74 Å². The summed E-state index contributed by atoms with van der Waals surface area (Å²) >= 11 is 0. The van der Waals surface area contributed by atoms with Gasteiger partial charge in [0.1, 0.15) is 17.0 Å². The molecule has 0 spiro atoms. The Morgan fingerprint density at radius 2 is 1.64 bits per heavy atom. The van der Waals surface area contributed by atoms with E-state index in [-0.39, 0.29) is 30.0 Å². The molecule has 8 nitrogen and oxygen atoms in total. The molecule has 0 bridgehead atoms. The third kappa shape index (κ3) is 6.76. The number of amides is 2. The lowest BCUT2D eigenvalue weighted by Gasteiger charge is -2.12. The lowest BCUT2D eigenvalue weighted by Crippen LogP contribution is -2.23. The highest BCUT2D eigenvalue weighted by Crippen LogP contribution is 2.37. The number of carbonyl (C=O) groups is 2. The van der Waals surface area contributed by atoms with Crippen molar-refractivity contribution in [3.05, 3.63) is 88.0 Å². The molecule has 0 unspecified atom stereocenters. The summed E-state index contributed by atoms with van der Waals surface area (Å²) in [7, 11) is 3.27. The van der Waals surface area contributed by atoms with Gasteiger partial charge in [-0.05, 0) is 42.7 Å². The minimum absolute atomic E-state index is 0.167. The second-order valence-electron chi connectivity index (χ2n) is 8.70. The van der Waals surface area contributed by atoms with Gasteiger partial charge < -0.3 is 24.9 Å². The number of hydrogen-bond donors (Lipinski definition) is 3. The molecule has 8 heteroatoms. The molecule has 0 radical (unpaired) electrons. The van der Waals surface area contributed by atoms with Crippen molar-refractivity contribution in [3.63, 3.8) is 0 Å². The highest BCUT2D eigenvalue weighted by atomic mass is 16.5. The van der Waals surface area contributed by atoms with Crippen molar-refractivity contribution < 1.29 is 14.3 Å². The van der Waals surface area contributed by atoms with E-state index in [1.54, 1.807) is 50.6 Å². The van der Waals surface area contributed by atoms with Crippen molar-refractivity contribution in [2.75, 3.05) is 7.05 Å². The van der Waals surface area contributed by atoms with Crippen LogP contribution in [-0.2, 0) is 13.6 Å². The molecule has 3 N–H and O–H groups in total. The lowest BCUT2D eigenvalue weighted by atomic mass is 10.0. The van der Waals surface area contributed by atoms with Crippen LogP contribution in [0.5, 0.6) is 5.75 Å². The van der Waals surface area contributed by atoms with Crippen LogP contribution >= 0.6 is 0 Å². The maximum Gasteiger partial charge on any atom is 0.274 e. The monoisotopic (exact) mass is 530 g/mol. The molecule has 5 rings (SSSR count). The molecule has 2 aromatic carbocycles. The number of H-pyrrole nitrogens is 1. The van der Waals surface area contributed by atoms with Gasteiger partial charge in [0.05, 0.1) is 6.10 Å². The molecule has 39 heavy (non-hydrogen) atoms. The van der Waals surface area contributed by atoms with Crippen LogP contribution in [0.1, 0.15) is 66.9 Å². The van der Waals surface area contributed by atoms with Crippen LogP contribution in [0, 0.1) is 0 Å². The van der Waals surface area contributed by atoms with Crippen molar-refractivity contribution in [2.45, 2.75) is 53.2 Å². The zero-order valence-electron chi connectivity index (χ0n) is 23.6. The Hall–Kier alpha value is -4.33. The second kappa shape index (κ2) is 13.5. The number of aryl methyl sites for hydroxylation is 1. The Balaban J connectivity index is 0.00000100. The number of hydrogen-bond acceptors (Lipinski definition) is 4. The van der Waals surface area contributed by atoms with E-state index in [2.05, 4.69) is 15.6 Å². The zero-order chi connectivity index (χ0) is 28.5. The molecule has 0 aliphatic heterocycles. The van der Waals surface area contributed by atoms with Gasteiger partial charge in [-0.1, -0.05) is 58.0 Å². The molecule has 1 aliphatic carbocycles. The Morgan fingerprint density at radius 1 is 0.974 bits per heavy atom. The molecule has 1 fully saturated rings. The standard InChI is InChI=1S/C27H26N4O4.2C2H6/c1-28-25(32)17-9-7-16(8-10-17)14-29-26(33)22-13-20-21(15-31(2)27(34)24(20)30-22)19-5-3-4-6-23(19)35-18-11-12-18;2*1-2/h3-10,13,15,18,30H,11-12,14H2,1-2H3,(H,28,32)(H,29,33);2*1-2H3. The molecular weight excluding hydrogens is 492 g/mol. The first-order valence-corrected chi connectivity index (χ1v) is 13.5. The first kappa shape index (κ1) is 29.2. The van der Waals surface area contributed by atoms with Gasteiger partial charge in [0, 0.05) is 48.9 Å². The minimum atomic E-state index is -0.327. The van der Waals surface area contributed by atoms with Crippen molar-refractivity contribution in [2.24, 2.45) is 7.05 Å². The topological polar surface area (TPSA) is 105 Å². The molecule has 2 aromatic heterocycles. The van der Waals surface area contributed by atoms with E-state index in [1.165, 1.54) is 4.57 Å². The number of nitrogens with one attached hydrogen (secondary N) is 3. The summed E-state index contributed by atoms with van der Waals surface area (Å²) in [6.45, 7) is 8.28. The summed E-state index contributed by atoms with van der Waals surface area (Å²) in [5.74, 6) is 0.273. The zero-order valence-corrected chi connectivity index (χ0v) is 23.6. The summed E-state index contributed by atoms with van der Waals surface area (Å²) in [6.07, 6.45) is 4.10. The number of carbonyl (C=O) groups excluding carboxylic acids is 2. The highest BCUT2D eigenvalue weighted by Gasteiger charge is 2.25. The quantitative estimate of drug-likeness (QED) is 0.297. The minimum Gasteiger partial charge on any atom is -0.490 e. The second-order valence-corrected chi connectivity index (χ2v) is 8.70. The molecule has 1 aliphatic rings. The van der Waals surface area contributed by atoms with Crippen molar-refractivity contribution in [3.8, 4) is 16.9 Å². The number of benzene rings is 2. The van der Waals surface area contributed by atoms with E-state index < -0.39 is 0 Å². The van der Waals surface area contributed by atoms with Crippen LogP contribution in [0.4, 0.5) is 0 Å². The van der Waals surface area contributed by atoms with Gasteiger partial charge in [-0.2, -0.15) is 0 Å². The fourth-order valence-corrected chi connectivity index (χ4v) is 4.02. The first-order chi connectivity index (χ1) is 18.9. The van der Waals surface area contributed by atoms with Gasteiger partial charge >= 0.3 is 0 Å². The molecular formula is C31H38N4O4. The van der Waals surface area contributed by atoms with E-state index in [0.29, 0.717) is 22.2 Å². The third-order valence-electron chi connectivity index (χ3n) is 6.10. The first-order valence-electron chi connectivity index (χ1n) is 13.5. The van der Waals surface area contributed by atoms with Crippen LogP contribution in [0.25, 0.3) is 22.0 Å². The highest BCUT2D eigenvalue weighted by molar-refractivity contribution is 6.03. The van der Waals surface area contributed by atoms with E-state index in [1.807, 2.05) is 52.0 Å². The lowest BCUT2D eigenvalue weighted by molar-refractivity contribution is 0.0942. The third-order valence-corrected chi connectivity index (χ3v) is 6.10. The fraction of sp³-hybridized carbons (Fsp3) is 0.323. The summed E-state index contributed by atoms with van der Waals surface area (Å²) in [5.41, 5.74) is 3.55. The van der Waals surface area contributed by atoms with Gasteiger partial charge in [-0.3, -0.25) is 14.4 Å². The van der Waals surface area contributed by atoms with Crippen molar-refractivity contribution >= 4 is 22.7 Å². The Morgan fingerprint density at radius 3 is 2.28 bits per heavy atom. The number of aromatic amines is 1. The van der Waals surface area contributed by atoms with E-state index in [9.17, 15) is 14.4 Å². The van der Waals surface area contributed by atoms with Gasteiger partial charge in [0.25, 0.3) is 17.4 Å². The summed E-state index contributed by atoms with van der Waals surface area (Å²) < 4.78 is 7.61. The predicted octanol–water partition coefficient (Wildman–Crippen LogP) is 5.42. The average molecular weight is 531 g/mol. The number of para-hydroxylation sites is 1. The Labute approximate surface area is 229 Å². The normalized spacial score (nSPS) is 11.9. The van der Waals surface area contributed by atoms with Crippen molar-refractivity contribution in [1.82, 2.24) is 20.2 Å². The molecule has 2 amide bonds. The number of fused-ring (bicyclic) bond motifs is 1. The molecule has 4 aromatic rings. The van der Waals surface area contributed by atoms with E-state index >= 15 is 0 Å². The number of rotatable bonds is 7. The maximum absolute atomic E-state index is 12.9. The molecule has 206 valence electrons. The van der Waals surface area contributed by atoms with Gasteiger partial charge in [-0.25, -0.2) is 0 Å². The van der Waals surface area contributed by atoms with Gasteiger partial charge in [-0.15, -0.1) is 0 Å². The number of aromatic nitrogens is 2. The molecule has 2 heterocycles. The van der Waals surface area contributed by atoms with Crippen LogP contribution in [0.3, 0.4) is 0 Å².